The molecule has 1 N–H and O–H groups in total. The lowest BCUT2D eigenvalue weighted by molar-refractivity contribution is -0.124. The van der Waals surface area contributed by atoms with E-state index in [1.165, 1.54) is 0 Å². The van der Waals surface area contributed by atoms with Crippen LogP contribution in [-0.2, 0) is 16.1 Å². The molecule has 1 aliphatic rings. The zero-order valence-corrected chi connectivity index (χ0v) is 18.5. The van der Waals surface area contributed by atoms with Gasteiger partial charge in [0.25, 0.3) is 5.91 Å². The van der Waals surface area contributed by atoms with Crippen molar-refractivity contribution in [1.82, 2.24) is 9.55 Å². The van der Waals surface area contributed by atoms with E-state index >= 15 is 0 Å². The fraction of sp³-hybridized carbons (Fsp3) is 0.192. The van der Waals surface area contributed by atoms with Gasteiger partial charge in [0.05, 0.1) is 31.1 Å². The van der Waals surface area contributed by atoms with Crippen molar-refractivity contribution < 1.29 is 14.3 Å². The first kappa shape index (κ1) is 20.8. The molecule has 0 saturated carbocycles. The SMILES string of the molecule is COc1ccc(NC(=O)C[C@@H]2C(=O)N(Cc3cccc(C)c3)c3nc4ccccc4n32)cc1. The number of ether oxygens (including phenoxy) is 1. The molecule has 0 saturated heterocycles. The minimum absolute atomic E-state index is 0.0164. The molecule has 7 nitrogen and oxygen atoms in total. The summed E-state index contributed by atoms with van der Waals surface area (Å²) in [6, 6.07) is 22.2. The second kappa shape index (κ2) is 8.43. The Labute approximate surface area is 191 Å². The van der Waals surface area contributed by atoms with Crippen LogP contribution in [0.3, 0.4) is 0 Å². The molecular weight excluding hydrogens is 416 g/mol. The van der Waals surface area contributed by atoms with Gasteiger partial charge in [-0.2, -0.15) is 0 Å². The van der Waals surface area contributed by atoms with Crippen LogP contribution >= 0.6 is 0 Å². The molecule has 2 amide bonds. The summed E-state index contributed by atoms with van der Waals surface area (Å²) >= 11 is 0. The molecule has 4 aromatic rings. The average molecular weight is 441 g/mol. The Morgan fingerprint density at radius 3 is 2.61 bits per heavy atom. The Kier molecular flexibility index (Phi) is 5.30. The normalized spacial score (nSPS) is 15.0. The quantitative estimate of drug-likeness (QED) is 0.480. The maximum atomic E-state index is 13.5. The number of amides is 2. The zero-order valence-electron chi connectivity index (χ0n) is 18.5. The van der Waals surface area contributed by atoms with Gasteiger partial charge in [-0.05, 0) is 48.9 Å². The zero-order chi connectivity index (χ0) is 22.9. The van der Waals surface area contributed by atoms with Crippen molar-refractivity contribution >= 4 is 34.5 Å². The van der Waals surface area contributed by atoms with Crippen LogP contribution in [-0.4, -0.2) is 28.5 Å². The van der Waals surface area contributed by atoms with Crippen molar-refractivity contribution in [2.75, 3.05) is 17.3 Å². The van der Waals surface area contributed by atoms with Gasteiger partial charge in [0, 0.05) is 5.69 Å². The van der Waals surface area contributed by atoms with Crippen molar-refractivity contribution in [1.29, 1.82) is 0 Å². The number of para-hydroxylation sites is 2. The Bertz CT molecular complexity index is 1340. The third-order valence-electron chi connectivity index (χ3n) is 5.86. The topological polar surface area (TPSA) is 76.5 Å². The van der Waals surface area contributed by atoms with Crippen LogP contribution < -0.4 is 15.0 Å². The number of aryl methyl sites for hydroxylation is 1. The van der Waals surface area contributed by atoms with E-state index in [-0.39, 0.29) is 18.2 Å². The molecule has 0 unspecified atom stereocenters. The summed E-state index contributed by atoms with van der Waals surface area (Å²) in [5, 5.41) is 2.88. The Hall–Kier alpha value is -4.13. The summed E-state index contributed by atoms with van der Waals surface area (Å²) in [6.07, 6.45) is 0.0164. The Morgan fingerprint density at radius 2 is 1.85 bits per heavy atom. The maximum absolute atomic E-state index is 13.5. The van der Waals surface area contributed by atoms with Gasteiger partial charge in [-0.3, -0.25) is 19.1 Å². The number of hydrogen-bond donors (Lipinski definition) is 1. The Balaban J connectivity index is 1.44. The van der Waals surface area contributed by atoms with Crippen LogP contribution in [0, 0.1) is 6.92 Å². The fourth-order valence-corrected chi connectivity index (χ4v) is 4.30. The molecule has 166 valence electrons. The summed E-state index contributed by atoms with van der Waals surface area (Å²) in [7, 11) is 1.59. The van der Waals surface area contributed by atoms with E-state index in [0.717, 1.165) is 22.2 Å². The molecule has 1 aromatic heterocycles. The lowest BCUT2D eigenvalue weighted by atomic mass is 10.1. The van der Waals surface area contributed by atoms with Gasteiger partial charge >= 0.3 is 0 Å². The van der Waals surface area contributed by atoms with Gasteiger partial charge < -0.3 is 10.1 Å². The number of rotatable bonds is 6. The van der Waals surface area contributed by atoms with Crippen molar-refractivity contribution in [2.24, 2.45) is 0 Å². The third kappa shape index (κ3) is 3.93. The van der Waals surface area contributed by atoms with E-state index in [9.17, 15) is 9.59 Å². The van der Waals surface area contributed by atoms with Gasteiger partial charge in [0.15, 0.2) is 0 Å². The van der Waals surface area contributed by atoms with E-state index in [1.807, 2.05) is 54.0 Å². The summed E-state index contributed by atoms with van der Waals surface area (Å²) in [5.41, 5.74) is 4.44. The number of anilines is 2. The Morgan fingerprint density at radius 1 is 1.06 bits per heavy atom. The number of benzene rings is 3. The standard InChI is InChI=1S/C26H24N4O3/c1-17-6-5-7-18(14-17)16-29-25(32)23(30-22-9-4-3-8-21(22)28-26(29)30)15-24(31)27-19-10-12-20(33-2)13-11-19/h3-14,23H,15-16H2,1-2H3,(H,27,31)/t23-/m1/s1. The molecule has 7 heteroatoms. The molecule has 1 atom stereocenters. The van der Waals surface area contributed by atoms with E-state index in [4.69, 9.17) is 9.72 Å². The minimum atomic E-state index is -0.657. The monoisotopic (exact) mass is 440 g/mol. The lowest BCUT2D eigenvalue weighted by Crippen LogP contribution is -2.31. The molecule has 3 aromatic carbocycles. The predicted octanol–water partition coefficient (Wildman–Crippen LogP) is 4.47. The molecule has 1 aliphatic heterocycles. The van der Waals surface area contributed by atoms with Gasteiger partial charge in [0.2, 0.25) is 11.9 Å². The molecule has 2 heterocycles. The van der Waals surface area contributed by atoms with Gasteiger partial charge in [-0.25, -0.2) is 4.98 Å². The smallest absolute Gasteiger partial charge is 0.253 e. The van der Waals surface area contributed by atoms with Crippen LogP contribution in [0.1, 0.15) is 23.6 Å². The average Bonchev–Trinajstić information content (AvgIpc) is 3.30. The number of nitrogens with one attached hydrogen (secondary N) is 1. The fourth-order valence-electron chi connectivity index (χ4n) is 4.30. The summed E-state index contributed by atoms with van der Waals surface area (Å²) < 4.78 is 7.05. The third-order valence-corrected chi connectivity index (χ3v) is 5.86. The summed E-state index contributed by atoms with van der Waals surface area (Å²) in [4.78, 5) is 32.8. The number of carbonyl (C=O) groups is 2. The number of carbonyl (C=O) groups excluding carboxylic acids is 2. The van der Waals surface area contributed by atoms with Crippen LogP contribution in [0.5, 0.6) is 5.75 Å². The molecule has 5 rings (SSSR count). The molecule has 0 aliphatic carbocycles. The highest BCUT2D eigenvalue weighted by atomic mass is 16.5. The number of methoxy groups -OCH3 is 1. The number of nitrogens with zero attached hydrogens (tertiary/aromatic N) is 3. The van der Waals surface area contributed by atoms with E-state index < -0.39 is 6.04 Å². The second-order valence-electron chi connectivity index (χ2n) is 8.18. The van der Waals surface area contributed by atoms with Crippen LogP contribution in [0.25, 0.3) is 11.0 Å². The van der Waals surface area contributed by atoms with Gasteiger partial charge in [-0.1, -0.05) is 42.0 Å². The first-order valence-electron chi connectivity index (χ1n) is 10.8. The number of aromatic nitrogens is 2. The first-order chi connectivity index (χ1) is 16.0. The molecule has 0 fully saturated rings. The number of imidazole rings is 1. The molecule has 0 radical (unpaired) electrons. The second-order valence-corrected chi connectivity index (χ2v) is 8.18. The van der Waals surface area contributed by atoms with Crippen molar-refractivity contribution in [3.05, 3.63) is 83.9 Å². The van der Waals surface area contributed by atoms with Crippen molar-refractivity contribution in [3.63, 3.8) is 0 Å². The summed E-state index contributed by atoms with van der Waals surface area (Å²) in [6.45, 7) is 2.43. The van der Waals surface area contributed by atoms with Crippen molar-refractivity contribution in [3.8, 4) is 5.75 Å². The van der Waals surface area contributed by atoms with Crippen LogP contribution in [0.2, 0.25) is 0 Å². The molecule has 0 bridgehead atoms. The lowest BCUT2D eigenvalue weighted by Gasteiger charge is -2.16. The highest BCUT2D eigenvalue weighted by Gasteiger charge is 2.40. The maximum Gasteiger partial charge on any atom is 0.253 e. The highest BCUT2D eigenvalue weighted by Crippen LogP contribution is 2.37. The molecule has 0 spiro atoms. The number of fused-ring (bicyclic) bond motifs is 3. The minimum Gasteiger partial charge on any atom is -0.497 e. The van der Waals surface area contributed by atoms with Crippen LogP contribution in [0.15, 0.2) is 72.8 Å². The van der Waals surface area contributed by atoms with E-state index in [0.29, 0.717) is 23.9 Å². The van der Waals surface area contributed by atoms with Crippen LogP contribution in [0.4, 0.5) is 11.6 Å². The van der Waals surface area contributed by atoms with E-state index in [2.05, 4.69) is 11.4 Å². The van der Waals surface area contributed by atoms with Gasteiger partial charge in [-0.15, -0.1) is 0 Å². The molecular formula is C26H24N4O3. The summed E-state index contributed by atoms with van der Waals surface area (Å²) in [5.74, 6) is 0.916. The molecule has 33 heavy (non-hydrogen) atoms. The largest absolute Gasteiger partial charge is 0.497 e. The predicted molar refractivity (Wildman–Crippen MR) is 127 cm³/mol. The van der Waals surface area contributed by atoms with Crippen molar-refractivity contribution in [2.45, 2.75) is 25.9 Å². The van der Waals surface area contributed by atoms with E-state index in [1.54, 1.807) is 36.3 Å². The number of hydrogen-bond acceptors (Lipinski definition) is 4. The highest BCUT2D eigenvalue weighted by molar-refractivity contribution is 6.05. The van der Waals surface area contributed by atoms with Gasteiger partial charge in [0.1, 0.15) is 11.8 Å². The first-order valence-corrected chi connectivity index (χ1v) is 10.8.